The second kappa shape index (κ2) is 36.1. The van der Waals surface area contributed by atoms with Gasteiger partial charge in [-0.1, -0.05) is 39.5 Å². The van der Waals surface area contributed by atoms with Gasteiger partial charge < -0.3 is 51.1 Å². The molecule has 0 amide bonds. The Morgan fingerprint density at radius 3 is 0.571 bits per heavy atom. The number of aliphatic carboxylic acids is 6. The molecule has 0 aliphatic rings. The summed E-state index contributed by atoms with van der Waals surface area (Å²) in [6, 6.07) is 0. The number of carboxylic acid groups (broad SMARTS) is 6. The van der Waals surface area contributed by atoms with Crippen LogP contribution in [-0.4, -0.2) is 113 Å². The van der Waals surface area contributed by atoms with Gasteiger partial charge in [-0.05, 0) is 20.8 Å². The molecule has 0 aromatic rings. The van der Waals surface area contributed by atoms with E-state index in [1.165, 1.54) is 20.8 Å². The predicted octanol–water partition coefficient (Wildman–Crippen LogP) is 0.654. The van der Waals surface area contributed by atoms with Gasteiger partial charge in [-0.15, -0.1) is 0 Å². The van der Waals surface area contributed by atoms with Gasteiger partial charge in [0.1, 0.15) is 0 Å². The Balaban J connectivity index is -0.0000000688. The van der Waals surface area contributed by atoms with E-state index in [0.717, 1.165) is 18.2 Å². The Morgan fingerprint density at radius 1 is 0.476 bits per heavy atom. The minimum atomic E-state index is -1.11. The minimum absolute atomic E-state index is 0.176. The molecule has 0 heterocycles. The molecule has 0 radical (unpaired) electrons. The highest BCUT2D eigenvalue weighted by Gasteiger charge is 2.26. The summed E-state index contributed by atoms with van der Waals surface area (Å²) in [7, 11) is 0. The lowest BCUT2D eigenvalue weighted by molar-refractivity contribution is -0.133. The number of rotatable bonds is 10. The highest BCUT2D eigenvalue weighted by Crippen LogP contribution is 2.11. The third-order valence-corrected chi connectivity index (χ3v) is 2.96. The number of carbonyl (C=O) groups is 6. The third kappa shape index (κ3) is 64.8. The van der Waals surface area contributed by atoms with Crippen molar-refractivity contribution in [1.82, 2.24) is 0 Å². The standard InChI is InChI=1S/C5H12O4.3C4H6O2.3C3H4O2/c6-1-5(2-7,3-8)4-9;3*1-3(2)4(5)6;3*1-2-3(4)5/h6-9H,1-4H2;3*1H2,2H3,(H,5,6);3*2H,1H2,(H,4,5). The van der Waals surface area contributed by atoms with Crippen LogP contribution in [-0.2, 0) is 28.8 Å². The fourth-order valence-electron chi connectivity index (χ4n) is 0.300. The van der Waals surface area contributed by atoms with Gasteiger partial charge in [-0.25, -0.2) is 28.8 Å². The molecule has 0 fully saturated rings. The van der Waals surface area contributed by atoms with Crippen molar-refractivity contribution in [2.24, 2.45) is 5.41 Å². The van der Waals surface area contributed by atoms with Crippen molar-refractivity contribution >= 4 is 35.8 Å². The quantitative estimate of drug-likeness (QED) is 0.152. The Labute approximate surface area is 243 Å². The molecule has 0 spiro atoms. The van der Waals surface area contributed by atoms with Gasteiger partial charge in [-0.2, -0.15) is 0 Å². The number of aliphatic hydroxyl groups is 4. The van der Waals surface area contributed by atoms with E-state index in [1.54, 1.807) is 0 Å². The first-order chi connectivity index (χ1) is 19.0. The zero-order valence-corrected chi connectivity index (χ0v) is 23.7. The lowest BCUT2D eigenvalue weighted by atomic mass is 9.93. The molecule has 0 aromatic carbocycles. The van der Waals surface area contributed by atoms with Crippen molar-refractivity contribution in [2.75, 3.05) is 26.4 Å². The molecule has 16 heteroatoms. The summed E-state index contributed by atoms with van der Waals surface area (Å²) in [6.07, 6.45) is 2.50. The van der Waals surface area contributed by atoms with Crippen molar-refractivity contribution in [3.63, 3.8) is 0 Å². The van der Waals surface area contributed by atoms with Crippen molar-refractivity contribution in [2.45, 2.75) is 20.8 Å². The summed E-state index contributed by atoms with van der Waals surface area (Å²) in [5.41, 5.74) is -0.583. The summed E-state index contributed by atoms with van der Waals surface area (Å²) in [4.78, 5) is 56.5. The van der Waals surface area contributed by atoms with Gasteiger partial charge in [0.15, 0.2) is 0 Å². The first-order valence-electron chi connectivity index (χ1n) is 10.6. The van der Waals surface area contributed by atoms with Gasteiger partial charge in [0.05, 0.1) is 31.8 Å². The molecule has 0 rings (SSSR count). The molecule has 0 saturated carbocycles. The minimum Gasteiger partial charge on any atom is -0.478 e. The molecular weight excluding hydrogens is 568 g/mol. The molecule has 0 atom stereocenters. The second-order valence-electron chi connectivity index (χ2n) is 7.02. The normalized spacial score (nSPS) is 8.07. The maximum atomic E-state index is 9.60. The molecule has 242 valence electrons. The average molecular weight is 611 g/mol. The Morgan fingerprint density at radius 2 is 0.571 bits per heavy atom. The highest BCUT2D eigenvalue weighted by atomic mass is 16.4. The first-order valence-corrected chi connectivity index (χ1v) is 10.6. The molecule has 0 bridgehead atoms. The van der Waals surface area contributed by atoms with Crippen LogP contribution in [0.4, 0.5) is 0 Å². The number of aliphatic hydroxyl groups excluding tert-OH is 4. The van der Waals surface area contributed by atoms with E-state index >= 15 is 0 Å². The van der Waals surface area contributed by atoms with Crippen LogP contribution in [0.3, 0.4) is 0 Å². The van der Waals surface area contributed by atoms with Crippen molar-refractivity contribution < 1.29 is 79.8 Å². The van der Waals surface area contributed by atoms with Gasteiger partial charge in [0.25, 0.3) is 0 Å². The van der Waals surface area contributed by atoms with Crippen LogP contribution in [0.15, 0.2) is 74.4 Å². The Kier molecular flexibility index (Phi) is 45.9. The van der Waals surface area contributed by atoms with Gasteiger partial charge in [-0.3, -0.25) is 0 Å². The van der Waals surface area contributed by atoms with Gasteiger partial charge >= 0.3 is 35.8 Å². The smallest absolute Gasteiger partial charge is 0.330 e. The highest BCUT2D eigenvalue weighted by molar-refractivity contribution is 5.85. The van der Waals surface area contributed by atoms with Crippen LogP contribution in [0.5, 0.6) is 0 Å². The van der Waals surface area contributed by atoms with Crippen molar-refractivity contribution in [1.29, 1.82) is 0 Å². The van der Waals surface area contributed by atoms with E-state index in [-0.39, 0.29) is 16.7 Å². The van der Waals surface area contributed by atoms with Crippen molar-refractivity contribution in [3.8, 4) is 0 Å². The molecule has 16 nitrogen and oxygen atoms in total. The molecule has 0 aliphatic heterocycles. The molecule has 0 unspecified atom stereocenters. The number of hydrogen-bond acceptors (Lipinski definition) is 10. The van der Waals surface area contributed by atoms with Crippen LogP contribution in [0.25, 0.3) is 0 Å². The van der Waals surface area contributed by atoms with Crippen LogP contribution in [0.1, 0.15) is 20.8 Å². The fourth-order valence-corrected chi connectivity index (χ4v) is 0.300. The lowest BCUT2D eigenvalue weighted by Crippen LogP contribution is -2.37. The first kappa shape index (κ1) is 53.4. The van der Waals surface area contributed by atoms with E-state index in [4.69, 9.17) is 51.1 Å². The van der Waals surface area contributed by atoms with Crippen LogP contribution in [0, 0.1) is 5.41 Å². The number of carboxylic acids is 6. The zero-order chi connectivity index (χ0) is 35.6. The van der Waals surface area contributed by atoms with Crippen LogP contribution < -0.4 is 0 Å². The zero-order valence-electron chi connectivity index (χ0n) is 23.7. The second-order valence-corrected chi connectivity index (χ2v) is 7.02. The molecule has 0 aromatic heterocycles. The van der Waals surface area contributed by atoms with Crippen molar-refractivity contribution in [3.05, 3.63) is 74.4 Å². The topological polar surface area (TPSA) is 305 Å². The lowest BCUT2D eigenvalue weighted by Gasteiger charge is -2.23. The van der Waals surface area contributed by atoms with E-state index in [0.29, 0.717) is 0 Å². The predicted molar refractivity (Wildman–Crippen MR) is 152 cm³/mol. The summed E-state index contributed by atoms with van der Waals surface area (Å²) >= 11 is 0. The van der Waals surface area contributed by atoms with Crippen LogP contribution >= 0.6 is 0 Å². The van der Waals surface area contributed by atoms with E-state index in [2.05, 4.69) is 39.5 Å². The van der Waals surface area contributed by atoms with Gasteiger partial charge in [0, 0.05) is 34.9 Å². The summed E-state index contributed by atoms with van der Waals surface area (Å²) < 4.78 is 0. The third-order valence-electron chi connectivity index (χ3n) is 2.96. The van der Waals surface area contributed by atoms with E-state index in [1.807, 2.05) is 0 Å². The molecule has 0 saturated heterocycles. The maximum absolute atomic E-state index is 9.60. The summed E-state index contributed by atoms with van der Waals surface area (Å²) in [5, 5.41) is 80.5. The molecule has 42 heavy (non-hydrogen) atoms. The SMILES string of the molecule is C=C(C)C(=O)O.C=C(C)C(=O)O.C=C(C)C(=O)O.C=CC(=O)O.C=CC(=O)O.C=CC(=O)O.OCC(CO)(CO)CO. The summed E-state index contributed by atoms with van der Waals surface area (Å²) in [6.45, 7) is 21.1. The fraction of sp³-hybridized carbons (Fsp3) is 0.308. The molecule has 10 N–H and O–H groups in total. The molecule has 0 aliphatic carbocycles. The largest absolute Gasteiger partial charge is 0.478 e. The number of hydrogen-bond donors (Lipinski definition) is 10. The van der Waals surface area contributed by atoms with E-state index in [9.17, 15) is 28.8 Å². The monoisotopic (exact) mass is 610 g/mol. The van der Waals surface area contributed by atoms with E-state index < -0.39 is 67.7 Å². The Hall–Kier alpha value is -4.90. The van der Waals surface area contributed by atoms with Gasteiger partial charge in [0.2, 0.25) is 0 Å². The van der Waals surface area contributed by atoms with Crippen LogP contribution in [0.2, 0.25) is 0 Å². The molecular formula is C26H42O16. The Bertz CT molecular complexity index is 743. The maximum Gasteiger partial charge on any atom is 0.330 e. The average Bonchev–Trinajstić information content (AvgIpc) is 2.92. The summed E-state index contributed by atoms with van der Waals surface area (Å²) in [5.74, 6) is -5.75.